The van der Waals surface area contributed by atoms with Crippen molar-refractivity contribution in [3.8, 4) is 0 Å². The third kappa shape index (κ3) is 3.18. The molecule has 2 unspecified atom stereocenters. The maximum absolute atomic E-state index is 9.01. The van der Waals surface area contributed by atoms with Gasteiger partial charge in [0.1, 0.15) is 0 Å². The number of aliphatic hydroxyl groups is 1. The zero-order chi connectivity index (χ0) is 8.85. The van der Waals surface area contributed by atoms with Gasteiger partial charge >= 0.3 is 0 Å². The van der Waals surface area contributed by atoms with Gasteiger partial charge in [0.15, 0.2) is 0 Å². The number of hydrogen-bond acceptors (Lipinski definition) is 3. The van der Waals surface area contributed by atoms with E-state index in [9.17, 15) is 0 Å². The van der Waals surface area contributed by atoms with Crippen molar-refractivity contribution in [3.63, 3.8) is 0 Å². The van der Waals surface area contributed by atoms with Crippen molar-refractivity contribution >= 4 is 0 Å². The van der Waals surface area contributed by atoms with Crippen LogP contribution in [0.4, 0.5) is 0 Å². The van der Waals surface area contributed by atoms with E-state index in [1.165, 1.54) is 0 Å². The van der Waals surface area contributed by atoms with Gasteiger partial charge in [-0.2, -0.15) is 0 Å². The molecule has 0 saturated carbocycles. The Bertz CT molecular complexity index is 92.1. The van der Waals surface area contributed by atoms with E-state index in [1.54, 1.807) is 0 Å². The molecule has 0 aliphatic heterocycles. The molecule has 0 aliphatic rings. The highest BCUT2D eigenvalue weighted by atomic mass is 16.3. The van der Waals surface area contributed by atoms with E-state index in [4.69, 9.17) is 10.8 Å². The molecule has 0 fully saturated rings. The van der Waals surface area contributed by atoms with E-state index < -0.39 is 0 Å². The molecule has 3 nitrogen and oxygen atoms in total. The Hall–Kier alpha value is -0.120. The third-order valence-electron chi connectivity index (χ3n) is 2.08. The Morgan fingerprint density at radius 1 is 1.36 bits per heavy atom. The lowest BCUT2D eigenvalue weighted by Crippen LogP contribution is -2.48. The lowest BCUT2D eigenvalue weighted by Gasteiger charge is -2.30. The molecule has 0 aliphatic carbocycles. The van der Waals surface area contributed by atoms with Gasteiger partial charge in [-0.3, -0.25) is 4.90 Å². The molecule has 0 rings (SSSR count). The summed E-state index contributed by atoms with van der Waals surface area (Å²) in [4.78, 5) is 2.17. The van der Waals surface area contributed by atoms with E-state index >= 15 is 0 Å². The highest BCUT2D eigenvalue weighted by Gasteiger charge is 2.17. The lowest BCUT2D eigenvalue weighted by atomic mass is 10.1. The summed E-state index contributed by atoms with van der Waals surface area (Å²) in [5, 5.41) is 9.01. The SMILES string of the molecule is CCN(CC)C(CO)C(C)N. The van der Waals surface area contributed by atoms with Gasteiger partial charge in [-0.25, -0.2) is 0 Å². The topological polar surface area (TPSA) is 49.5 Å². The molecule has 0 heterocycles. The molecule has 68 valence electrons. The van der Waals surface area contributed by atoms with Gasteiger partial charge in [-0.15, -0.1) is 0 Å². The molecule has 0 aromatic heterocycles. The fraction of sp³-hybridized carbons (Fsp3) is 1.00. The molecule has 3 heteroatoms. The number of likely N-dealkylation sites (N-methyl/N-ethyl adjacent to an activating group) is 1. The summed E-state index contributed by atoms with van der Waals surface area (Å²) < 4.78 is 0. The molecule has 0 aromatic carbocycles. The Labute approximate surface area is 69.2 Å². The molecule has 0 spiro atoms. The largest absolute Gasteiger partial charge is 0.395 e. The highest BCUT2D eigenvalue weighted by Crippen LogP contribution is 2.01. The molecule has 11 heavy (non-hydrogen) atoms. The van der Waals surface area contributed by atoms with Crippen LogP contribution < -0.4 is 5.73 Å². The van der Waals surface area contributed by atoms with Crippen LogP contribution in [0.2, 0.25) is 0 Å². The van der Waals surface area contributed by atoms with Crippen molar-refractivity contribution in [2.75, 3.05) is 19.7 Å². The number of rotatable bonds is 5. The molecule has 0 radical (unpaired) electrons. The molecule has 0 amide bonds. The smallest absolute Gasteiger partial charge is 0.0601 e. The fourth-order valence-electron chi connectivity index (χ4n) is 1.31. The Balaban J connectivity index is 3.98. The van der Waals surface area contributed by atoms with E-state index in [1.807, 2.05) is 6.92 Å². The average molecular weight is 160 g/mol. The average Bonchev–Trinajstić information content (AvgIpc) is 1.99. The van der Waals surface area contributed by atoms with Crippen LogP contribution in [0.3, 0.4) is 0 Å². The van der Waals surface area contributed by atoms with Gasteiger partial charge < -0.3 is 10.8 Å². The number of nitrogens with two attached hydrogens (primary N) is 1. The molecule has 0 aromatic rings. The van der Waals surface area contributed by atoms with Crippen LogP contribution in [0.25, 0.3) is 0 Å². The number of aliphatic hydroxyl groups excluding tert-OH is 1. The molecule has 2 atom stereocenters. The first-order valence-corrected chi connectivity index (χ1v) is 4.27. The van der Waals surface area contributed by atoms with Crippen LogP contribution in [0.1, 0.15) is 20.8 Å². The number of nitrogens with zero attached hydrogens (tertiary/aromatic N) is 1. The van der Waals surface area contributed by atoms with E-state index in [0.29, 0.717) is 0 Å². The van der Waals surface area contributed by atoms with Gasteiger partial charge in [-0.1, -0.05) is 13.8 Å². The lowest BCUT2D eigenvalue weighted by molar-refractivity contribution is 0.117. The summed E-state index contributed by atoms with van der Waals surface area (Å²) in [6, 6.07) is 0.157. The predicted octanol–water partition coefficient (Wildman–Crippen LogP) is 0.0363. The molecular formula is C8H20N2O. The van der Waals surface area contributed by atoms with Crippen LogP contribution in [0, 0.1) is 0 Å². The minimum atomic E-state index is 0.0416. The first-order valence-electron chi connectivity index (χ1n) is 4.27. The zero-order valence-electron chi connectivity index (χ0n) is 7.75. The maximum atomic E-state index is 9.01. The van der Waals surface area contributed by atoms with Crippen LogP contribution in [0.15, 0.2) is 0 Å². The van der Waals surface area contributed by atoms with Crippen molar-refractivity contribution in [2.24, 2.45) is 5.73 Å². The summed E-state index contributed by atoms with van der Waals surface area (Å²) in [5.74, 6) is 0. The molecule has 0 saturated heterocycles. The van der Waals surface area contributed by atoms with Crippen LogP contribution in [0.5, 0.6) is 0 Å². The van der Waals surface area contributed by atoms with Crippen LogP contribution in [-0.2, 0) is 0 Å². The molecular weight excluding hydrogens is 140 g/mol. The van der Waals surface area contributed by atoms with Gasteiger partial charge in [-0.05, 0) is 20.0 Å². The Morgan fingerprint density at radius 3 is 1.91 bits per heavy atom. The summed E-state index contributed by atoms with van der Waals surface area (Å²) >= 11 is 0. The standard InChI is InChI=1S/C8H20N2O/c1-4-10(5-2)8(6-11)7(3)9/h7-8,11H,4-6,9H2,1-3H3. The van der Waals surface area contributed by atoms with Crippen molar-refractivity contribution in [3.05, 3.63) is 0 Å². The second kappa shape index (κ2) is 5.52. The van der Waals surface area contributed by atoms with Crippen LogP contribution in [-0.4, -0.2) is 41.8 Å². The summed E-state index contributed by atoms with van der Waals surface area (Å²) in [7, 11) is 0. The van der Waals surface area contributed by atoms with Crippen molar-refractivity contribution in [1.82, 2.24) is 4.90 Å². The normalized spacial score (nSPS) is 16.9. The fourth-order valence-corrected chi connectivity index (χ4v) is 1.31. The third-order valence-corrected chi connectivity index (χ3v) is 2.08. The van der Waals surface area contributed by atoms with Crippen LogP contribution >= 0.6 is 0 Å². The monoisotopic (exact) mass is 160 g/mol. The minimum absolute atomic E-state index is 0.0416. The first-order chi connectivity index (χ1) is 5.17. The summed E-state index contributed by atoms with van der Waals surface area (Å²) in [6.45, 7) is 8.13. The van der Waals surface area contributed by atoms with Gasteiger partial charge in [0, 0.05) is 12.1 Å². The van der Waals surface area contributed by atoms with Crippen molar-refractivity contribution in [1.29, 1.82) is 0 Å². The summed E-state index contributed by atoms with van der Waals surface area (Å²) in [5.41, 5.74) is 5.70. The van der Waals surface area contributed by atoms with Crippen molar-refractivity contribution in [2.45, 2.75) is 32.9 Å². The van der Waals surface area contributed by atoms with E-state index in [-0.39, 0.29) is 18.7 Å². The Kier molecular flexibility index (Phi) is 5.46. The van der Waals surface area contributed by atoms with Gasteiger partial charge in [0.05, 0.1) is 6.61 Å². The molecule has 3 N–H and O–H groups in total. The van der Waals surface area contributed by atoms with Crippen molar-refractivity contribution < 1.29 is 5.11 Å². The second-order valence-electron chi connectivity index (χ2n) is 2.83. The Morgan fingerprint density at radius 2 is 1.82 bits per heavy atom. The minimum Gasteiger partial charge on any atom is -0.395 e. The maximum Gasteiger partial charge on any atom is 0.0601 e. The van der Waals surface area contributed by atoms with E-state index in [0.717, 1.165) is 13.1 Å². The van der Waals surface area contributed by atoms with E-state index in [2.05, 4.69) is 18.7 Å². The first kappa shape index (κ1) is 10.9. The highest BCUT2D eigenvalue weighted by molar-refractivity contribution is 4.76. The predicted molar refractivity (Wildman–Crippen MR) is 47.4 cm³/mol. The van der Waals surface area contributed by atoms with Gasteiger partial charge in [0.25, 0.3) is 0 Å². The molecule has 0 bridgehead atoms. The summed E-state index contributed by atoms with van der Waals surface area (Å²) in [6.07, 6.45) is 0. The zero-order valence-corrected chi connectivity index (χ0v) is 7.75. The number of hydrogen-bond donors (Lipinski definition) is 2. The second-order valence-corrected chi connectivity index (χ2v) is 2.83. The van der Waals surface area contributed by atoms with Gasteiger partial charge in [0.2, 0.25) is 0 Å². The quantitative estimate of drug-likeness (QED) is 0.597.